The number of amides is 1. The van der Waals surface area contributed by atoms with E-state index >= 15 is 0 Å². The minimum Gasteiger partial charge on any atom is -0.321 e. The molecule has 0 aliphatic carbocycles. The minimum atomic E-state index is -3.31. The van der Waals surface area contributed by atoms with E-state index in [1.165, 1.54) is 10.6 Å². The Morgan fingerprint density at radius 3 is 2.68 bits per heavy atom. The normalized spacial score (nSPS) is 13.9. The first-order valence-corrected chi connectivity index (χ1v) is 10.9. The lowest BCUT2D eigenvalue weighted by Gasteiger charge is -2.16. The molecule has 3 aromatic rings. The summed E-state index contributed by atoms with van der Waals surface area (Å²) in [7, 11) is -3.31. The van der Waals surface area contributed by atoms with Gasteiger partial charge >= 0.3 is 0 Å². The second-order valence-corrected chi connectivity index (χ2v) is 9.15. The second-order valence-electron chi connectivity index (χ2n) is 7.24. The lowest BCUT2D eigenvalue weighted by molar-refractivity contribution is 0.102. The molecule has 0 fully saturated rings. The number of fused-ring (bicyclic) bond motifs is 2. The monoisotopic (exact) mass is 399 g/mol. The summed E-state index contributed by atoms with van der Waals surface area (Å²) in [6, 6.07) is 8.69. The molecule has 0 unspecified atom stereocenters. The molecule has 1 aliphatic rings. The summed E-state index contributed by atoms with van der Waals surface area (Å²) in [6.45, 7) is 4.47. The van der Waals surface area contributed by atoms with Crippen LogP contribution in [0.4, 0.5) is 11.4 Å². The number of anilines is 2. The van der Waals surface area contributed by atoms with E-state index in [-0.39, 0.29) is 11.8 Å². The number of nitrogens with zero attached hydrogens (tertiary/aromatic N) is 4. The molecule has 28 heavy (non-hydrogen) atoms. The van der Waals surface area contributed by atoms with Crippen molar-refractivity contribution in [3.05, 3.63) is 53.5 Å². The third kappa shape index (κ3) is 3.22. The Balaban J connectivity index is 1.59. The number of hydrogen-bond acceptors (Lipinski definition) is 5. The highest BCUT2D eigenvalue weighted by Crippen LogP contribution is 2.31. The zero-order chi connectivity index (χ0) is 20.1. The number of carbonyl (C=O) groups is 1. The van der Waals surface area contributed by atoms with E-state index in [9.17, 15) is 13.2 Å². The van der Waals surface area contributed by atoms with Gasteiger partial charge in [-0.05, 0) is 42.3 Å². The SMILES string of the molecule is CC(C)c1nnc2ccc(NC(=O)c3ccc4c(c3)CCN4S(C)(=O)=O)cn12. The van der Waals surface area contributed by atoms with Gasteiger partial charge in [-0.15, -0.1) is 10.2 Å². The average Bonchev–Trinajstić information content (AvgIpc) is 3.24. The van der Waals surface area contributed by atoms with Gasteiger partial charge in [-0.25, -0.2) is 8.42 Å². The molecule has 3 heterocycles. The number of nitrogens with one attached hydrogen (secondary N) is 1. The van der Waals surface area contributed by atoms with Crippen LogP contribution in [-0.4, -0.2) is 41.7 Å². The molecule has 0 spiro atoms. The topological polar surface area (TPSA) is 96.7 Å². The molecule has 8 nitrogen and oxygen atoms in total. The summed E-state index contributed by atoms with van der Waals surface area (Å²) in [5, 5.41) is 11.2. The van der Waals surface area contributed by atoms with Gasteiger partial charge in [0.1, 0.15) is 5.82 Å². The largest absolute Gasteiger partial charge is 0.321 e. The lowest BCUT2D eigenvalue weighted by Crippen LogP contribution is -2.27. The number of sulfonamides is 1. The fraction of sp³-hybridized carbons (Fsp3) is 0.316. The van der Waals surface area contributed by atoms with Gasteiger partial charge in [0.15, 0.2) is 5.65 Å². The zero-order valence-electron chi connectivity index (χ0n) is 15.9. The number of benzene rings is 1. The Kier molecular flexibility index (Phi) is 4.34. The third-order valence-electron chi connectivity index (χ3n) is 4.80. The van der Waals surface area contributed by atoms with Crippen LogP contribution >= 0.6 is 0 Å². The van der Waals surface area contributed by atoms with Crippen LogP contribution in [0.2, 0.25) is 0 Å². The Labute approximate surface area is 163 Å². The molecule has 1 N–H and O–H groups in total. The van der Waals surface area contributed by atoms with Crippen molar-refractivity contribution >= 4 is 33.0 Å². The predicted octanol–water partition coefficient (Wildman–Crippen LogP) is 2.43. The number of hydrogen-bond donors (Lipinski definition) is 1. The maximum Gasteiger partial charge on any atom is 0.255 e. The van der Waals surface area contributed by atoms with Crippen molar-refractivity contribution in [2.45, 2.75) is 26.2 Å². The van der Waals surface area contributed by atoms with Crippen LogP contribution in [0.5, 0.6) is 0 Å². The van der Waals surface area contributed by atoms with Crippen LogP contribution < -0.4 is 9.62 Å². The van der Waals surface area contributed by atoms with Gasteiger partial charge in [-0.3, -0.25) is 13.5 Å². The quantitative estimate of drug-likeness (QED) is 0.727. The standard InChI is InChI=1S/C19H21N5O3S/c1-12(2)18-22-21-17-7-5-15(11-23(17)18)20-19(25)14-4-6-16-13(10-14)8-9-24(16)28(3,26)27/h4-7,10-12H,8-9H2,1-3H3,(H,20,25). The molecule has 1 aromatic carbocycles. The van der Waals surface area contributed by atoms with E-state index in [0.717, 1.165) is 17.0 Å². The van der Waals surface area contributed by atoms with Gasteiger partial charge in [-0.1, -0.05) is 13.8 Å². The highest BCUT2D eigenvalue weighted by atomic mass is 32.2. The second kappa shape index (κ2) is 6.59. The molecular formula is C19H21N5O3S. The van der Waals surface area contributed by atoms with Crippen LogP contribution in [0.15, 0.2) is 36.5 Å². The van der Waals surface area contributed by atoms with E-state index < -0.39 is 10.0 Å². The van der Waals surface area contributed by atoms with Crippen molar-refractivity contribution in [3.8, 4) is 0 Å². The fourth-order valence-electron chi connectivity index (χ4n) is 3.44. The summed E-state index contributed by atoms with van der Waals surface area (Å²) in [5.41, 5.74) is 3.35. The summed E-state index contributed by atoms with van der Waals surface area (Å²) < 4.78 is 26.9. The molecule has 0 atom stereocenters. The van der Waals surface area contributed by atoms with E-state index in [2.05, 4.69) is 15.5 Å². The molecular weight excluding hydrogens is 378 g/mol. The van der Waals surface area contributed by atoms with Gasteiger partial charge in [0, 0.05) is 24.2 Å². The highest BCUT2D eigenvalue weighted by Gasteiger charge is 2.26. The summed E-state index contributed by atoms with van der Waals surface area (Å²) in [4.78, 5) is 12.7. The number of carbonyl (C=O) groups excluding carboxylic acids is 1. The summed E-state index contributed by atoms with van der Waals surface area (Å²) in [6.07, 6.45) is 3.59. The molecule has 9 heteroatoms. The van der Waals surface area contributed by atoms with Crippen molar-refractivity contribution in [2.24, 2.45) is 0 Å². The van der Waals surface area contributed by atoms with E-state index in [1.54, 1.807) is 36.5 Å². The van der Waals surface area contributed by atoms with Crippen molar-refractivity contribution < 1.29 is 13.2 Å². The Morgan fingerprint density at radius 1 is 1.18 bits per heavy atom. The zero-order valence-corrected chi connectivity index (χ0v) is 16.7. The first-order chi connectivity index (χ1) is 13.2. The third-order valence-corrected chi connectivity index (χ3v) is 5.98. The van der Waals surface area contributed by atoms with Crippen LogP contribution in [0.25, 0.3) is 5.65 Å². The molecule has 4 rings (SSSR count). The van der Waals surface area contributed by atoms with Gasteiger partial charge < -0.3 is 5.32 Å². The molecule has 1 aliphatic heterocycles. The van der Waals surface area contributed by atoms with Crippen LogP contribution in [0, 0.1) is 0 Å². The molecule has 0 saturated carbocycles. The summed E-state index contributed by atoms with van der Waals surface area (Å²) in [5.74, 6) is 0.777. The smallest absolute Gasteiger partial charge is 0.255 e. The maximum absolute atomic E-state index is 12.7. The maximum atomic E-state index is 12.7. The van der Waals surface area contributed by atoms with Crippen molar-refractivity contribution in [3.63, 3.8) is 0 Å². The highest BCUT2D eigenvalue weighted by molar-refractivity contribution is 7.92. The van der Waals surface area contributed by atoms with Gasteiger partial charge in [0.25, 0.3) is 5.91 Å². The van der Waals surface area contributed by atoms with Crippen molar-refractivity contribution in [2.75, 3.05) is 22.4 Å². The Bertz CT molecular complexity index is 1180. The van der Waals surface area contributed by atoms with E-state index in [4.69, 9.17) is 0 Å². The molecule has 1 amide bonds. The van der Waals surface area contributed by atoms with Gasteiger partial charge in [-0.2, -0.15) is 0 Å². The summed E-state index contributed by atoms with van der Waals surface area (Å²) >= 11 is 0. The number of rotatable bonds is 4. The van der Waals surface area contributed by atoms with Crippen LogP contribution in [0.1, 0.15) is 41.5 Å². The fourth-order valence-corrected chi connectivity index (χ4v) is 4.39. The molecule has 2 aromatic heterocycles. The molecule has 0 saturated heterocycles. The first kappa shape index (κ1) is 18.4. The Morgan fingerprint density at radius 2 is 1.96 bits per heavy atom. The van der Waals surface area contributed by atoms with E-state index in [1.807, 2.05) is 18.2 Å². The van der Waals surface area contributed by atoms with Gasteiger partial charge in [0.2, 0.25) is 10.0 Å². The van der Waals surface area contributed by atoms with Crippen LogP contribution in [-0.2, 0) is 16.4 Å². The average molecular weight is 399 g/mol. The van der Waals surface area contributed by atoms with Gasteiger partial charge in [0.05, 0.1) is 17.6 Å². The molecule has 0 radical (unpaired) electrons. The number of aromatic nitrogens is 3. The molecule has 0 bridgehead atoms. The van der Waals surface area contributed by atoms with Crippen molar-refractivity contribution in [1.29, 1.82) is 0 Å². The lowest BCUT2D eigenvalue weighted by atomic mass is 10.1. The van der Waals surface area contributed by atoms with E-state index in [0.29, 0.717) is 29.9 Å². The first-order valence-electron chi connectivity index (χ1n) is 9.01. The Hall–Kier alpha value is -2.94. The minimum absolute atomic E-state index is 0.204. The van der Waals surface area contributed by atoms with Crippen LogP contribution in [0.3, 0.4) is 0 Å². The molecule has 146 valence electrons. The van der Waals surface area contributed by atoms with Crippen molar-refractivity contribution in [1.82, 2.24) is 14.6 Å². The predicted molar refractivity (Wildman–Crippen MR) is 107 cm³/mol. The number of pyridine rings is 1.